The van der Waals surface area contributed by atoms with E-state index in [-0.39, 0.29) is 11.8 Å². The van der Waals surface area contributed by atoms with Crippen LogP contribution < -0.4 is 4.52 Å². The Balaban J connectivity index is 1.83. The molecular formula is C11H13FNO3P. The van der Waals surface area contributed by atoms with Crippen LogP contribution in [0.2, 0.25) is 0 Å². The van der Waals surface area contributed by atoms with Crippen molar-refractivity contribution >= 4 is 7.75 Å². The van der Waals surface area contributed by atoms with Crippen molar-refractivity contribution in [2.75, 3.05) is 13.2 Å². The van der Waals surface area contributed by atoms with Crippen LogP contribution in [0, 0.1) is 5.82 Å². The predicted octanol–water partition coefficient (Wildman–Crippen LogP) is 2.81. The van der Waals surface area contributed by atoms with Gasteiger partial charge in [-0.15, -0.1) is 0 Å². The zero-order valence-corrected chi connectivity index (χ0v) is 10.1. The van der Waals surface area contributed by atoms with E-state index < -0.39 is 13.6 Å². The van der Waals surface area contributed by atoms with E-state index in [2.05, 4.69) is 0 Å². The first-order valence-electron chi connectivity index (χ1n) is 5.64. The molecule has 17 heavy (non-hydrogen) atoms. The van der Waals surface area contributed by atoms with Crippen LogP contribution in [-0.4, -0.2) is 23.9 Å². The Kier molecular flexibility index (Phi) is 2.69. The molecule has 2 fully saturated rings. The molecule has 2 heterocycles. The summed E-state index contributed by atoms with van der Waals surface area (Å²) in [4.78, 5) is 0. The lowest BCUT2D eigenvalue weighted by molar-refractivity contribution is 0.287. The van der Waals surface area contributed by atoms with Crippen molar-refractivity contribution in [3.8, 4) is 5.75 Å². The number of rotatable bonds is 2. The zero-order chi connectivity index (χ0) is 11.9. The lowest BCUT2D eigenvalue weighted by Crippen LogP contribution is -2.22. The number of nitrogens with zero attached hydrogens (tertiary/aromatic N) is 1. The van der Waals surface area contributed by atoms with Gasteiger partial charge in [0.05, 0.1) is 6.61 Å². The van der Waals surface area contributed by atoms with Crippen molar-refractivity contribution in [3.05, 3.63) is 30.1 Å². The summed E-state index contributed by atoms with van der Waals surface area (Å²) in [5, 5.41) is 0. The van der Waals surface area contributed by atoms with Crippen molar-refractivity contribution in [1.29, 1.82) is 0 Å². The second-order valence-corrected chi connectivity index (χ2v) is 6.16. The first-order chi connectivity index (χ1) is 8.17. The maximum atomic E-state index is 13.0. The summed E-state index contributed by atoms with van der Waals surface area (Å²) in [6.07, 6.45) is 1.99. The van der Waals surface area contributed by atoms with Crippen molar-refractivity contribution in [2.45, 2.75) is 18.9 Å². The standard InChI is InChI=1S/C11H13FNO3P/c12-9-3-1-5-11(7-9)16-17(14)13-6-2-4-10(13)8-15-17/h1,3,5,7,10H,2,4,6,8H2/t10-,17?/m0/s1. The quantitative estimate of drug-likeness (QED) is 0.764. The molecule has 2 aliphatic heterocycles. The fraction of sp³-hybridized carbons (Fsp3) is 0.455. The molecule has 0 amide bonds. The van der Waals surface area contributed by atoms with E-state index in [4.69, 9.17) is 9.05 Å². The van der Waals surface area contributed by atoms with Gasteiger partial charge in [-0.25, -0.2) is 8.96 Å². The lowest BCUT2D eigenvalue weighted by Gasteiger charge is -2.21. The Labute approximate surface area is 98.9 Å². The Bertz CT molecular complexity index is 482. The Hall–Kier alpha value is -0.900. The molecule has 0 spiro atoms. The second-order valence-electron chi connectivity index (χ2n) is 4.27. The van der Waals surface area contributed by atoms with Gasteiger partial charge < -0.3 is 4.52 Å². The fourth-order valence-electron chi connectivity index (χ4n) is 2.30. The Morgan fingerprint density at radius 3 is 3.24 bits per heavy atom. The van der Waals surface area contributed by atoms with Crippen molar-refractivity contribution < 1.29 is 18.0 Å². The predicted molar refractivity (Wildman–Crippen MR) is 60.3 cm³/mol. The van der Waals surface area contributed by atoms with Gasteiger partial charge in [-0.2, -0.15) is 4.67 Å². The highest BCUT2D eigenvalue weighted by Crippen LogP contribution is 2.59. The largest absolute Gasteiger partial charge is 0.461 e. The Morgan fingerprint density at radius 1 is 1.53 bits per heavy atom. The lowest BCUT2D eigenvalue weighted by atomic mass is 10.2. The molecule has 2 saturated heterocycles. The van der Waals surface area contributed by atoms with Gasteiger partial charge in [0, 0.05) is 18.7 Å². The van der Waals surface area contributed by atoms with Gasteiger partial charge in [0.25, 0.3) is 0 Å². The van der Waals surface area contributed by atoms with Crippen LogP contribution in [0.15, 0.2) is 24.3 Å². The molecule has 0 N–H and O–H groups in total. The normalized spacial score (nSPS) is 32.6. The summed E-state index contributed by atoms with van der Waals surface area (Å²) < 4.78 is 37.9. The molecule has 0 radical (unpaired) electrons. The first kappa shape index (κ1) is 11.2. The third-order valence-electron chi connectivity index (χ3n) is 3.11. The highest BCUT2D eigenvalue weighted by atomic mass is 31.2. The van der Waals surface area contributed by atoms with Crippen LogP contribution in [0.1, 0.15) is 12.8 Å². The van der Waals surface area contributed by atoms with Crippen LogP contribution in [-0.2, 0) is 9.09 Å². The third-order valence-corrected chi connectivity index (χ3v) is 5.18. The second kappa shape index (κ2) is 4.09. The highest BCUT2D eigenvalue weighted by molar-refractivity contribution is 7.52. The minimum Gasteiger partial charge on any atom is -0.413 e. The highest BCUT2D eigenvalue weighted by Gasteiger charge is 2.49. The average Bonchev–Trinajstić information content (AvgIpc) is 2.84. The molecular weight excluding hydrogens is 244 g/mol. The molecule has 2 aliphatic rings. The van der Waals surface area contributed by atoms with E-state index in [1.165, 1.54) is 18.2 Å². The molecule has 0 aliphatic carbocycles. The molecule has 0 bridgehead atoms. The van der Waals surface area contributed by atoms with Crippen LogP contribution in [0.25, 0.3) is 0 Å². The molecule has 6 heteroatoms. The van der Waals surface area contributed by atoms with E-state index in [0.717, 1.165) is 19.4 Å². The maximum Gasteiger partial charge on any atom is 0.461 e. The zero-order valence-electron chi connectivity index (χ0n) is 9.21. The molecule has 1 aromatic rings. The van der Waals surface area contributed by atoms with E-state index in [1.54, 1.807) is 10.7 Å². The number of fused-ring (bicyclic) bond motifs is 1. The average molecular weight is 257 g/mol. The molecule has 4 nitrogen and oxygen atoms in total. The van der Waals surface area contributed by atoms with Crippen molar-refractivity contribution in [1.82, 2.24) is 4.67 Å². The topological polar surface area (TPSA) is 38.8 Å². The van der Waals surface area contributed by atoms with Crippen molar-refractivity contribution in [3.63, 3.8) is 0 Å². The van der Waals surface area contributed by atoms with E-state index in [1.807, 2.05) is 0 Å². The molecule has 0 aromatic heterocycles. The van der Waals surface area contributed by atoms with Gasteiger partial charge in [0.1, 0.15) is 11.6 Å². The molecule has 3 rings (SSSR count). The molecule has 1 unspecified atom stereocenters. The van der Waals surface area contributed by atoms with Gasteiger partial charge in [0.2, 0.25) is 0 Å². The van der Waals surface area contributed by atoms with E-state index in [0.29, 0.717) is 6.61 Å². The van der Waals surface area contributed by atoms with Gasteiger partial charge in [-0.3, -0.25) is 4.52 Å². The minimum atomic E-state index is -3.25. The van der Waals surface area contributed by atoms with Gasteiger partial charge in [-0.05, 0) is 25.0 Å². The van der Waals surface area contributed by atoms with E-state index >= 15 is 0 Å². The van der Waals surface area contributed by atoms with Gasteiger partial charge in [-0.1, -0.05) is 6.07 Å². The monoisotopic (exact) mass is 257 g/mol. The molecule has 0 saturated carbocycles. The fourth-order valence-corrected chi connectivity index (χ4v) is 4.32. The van der Waals surface area contributed by atoms with Crippen LogP contribution in [0.3, 0.4) is 0 Å². The smallest absolute Gasteiger partial charge is 0.413 e. The van der Waals surface area contributed by atoms with Crippen molar-refractivity contribution in [2.24, 2.45) is 0 Å². The third kappa shape index (κ3) is 1.99. The summed E-state index contributed by atoms with van der Waals surface area (Å²) in [5.41, 5.74) is 0. The number of hydrogen-bond donors (Lipinski definition) is 0. The van der Waals surface area contributed by atoms with Gasteiger partial charge in [0.15, 0.2) is 0 Å². The summed E-state index contributed by atoms with van der Waals surface area (Å²) in [7, 11) is -3.25. The summed E-state index contributed by atoms with van der Waals surface area (Å²) in [6.45, 7) is 1.16. The Morgan fingerprint density at radius 2 is 2.41 bits per heavy atom. The number of hydrogen-bond acceptors (Lipinski definition) is 3. The number of halogens is 1. The summed E-state index contributed by atoms with van der Waals surface area (Å²) >= 11 is 0. The SMILES string of the molecule is O=P1(Oc2cccc(F)c2)OC[C@@H]2CCCN21. The maximum absolute atomic E-state index is 13.0. The molecule has 1 aromatic carbocycles. The first-order valence-corrected chi connectivity index (χ1v) is 7.14. The number of benzene rings is 1. The minimum absolute atomic E-state index is 0.189. The molecule has 92 valence electrons. The van der Waals surface area contributed by atoms with Crippen LogP contribution in [0.4, 0.5) is 4.39 Å². The van der Waals surface area contributed by atoms with Crippen LogP contribution >= 0.6 is 7.75 Å². The summed E-state index contributed by atoms with van der Waals surface area (Å²) in [6, 6.07) is 5.82. The summed E-state index contributed by atoms with van der Waals surface area (Å²) in [5.74, 6) is -0.160. The molecule has 2 atom stereocenters. The van der Waals surface area contributed by atoms with Crippen LogP contribution in [0.5, 0.6) is 5.75 Å². The van der Waals surface area contributed by atoms with E-state index in [9.17, 15) is 8.96 Å². The van der Waals surface area contributed by atoms with Gasteiger partial charge >= 0.3 is 7.75 Å².